The lowest BCUT2D eigenvalue weighted by Crippen LogP contribution is -2.23. The third-order valence-electron chi connectivity index (χ3n) is 2.48. The molecule has 0 bridgehead atoms. The quantitative estimate of drug-likeness (QED) is 0.704. The fraction of sp³-hybridized carbons (Fsp3) is 0.214. The number of aliphatic hydroxyl groups is 1. The number of aliphatic hydroxyl groups excluding tert-OH is 1. The van der Waals surface area contributed by atoms with E-state index in [0.717, 1.165) is 5.56 Å². The van der Waals surface area contributed by atoms with Gasteiger partial charge in [0.15, 0.2) is 0 Å². The van der Waals surface area contributed by atoms with Crippen LogP contribution in [0.15, 0.2) is 30.6 Å². The van der Waals surface area contributed by atoms with Crippen molar-refractivity contribution in [2.45, 2.75) is 13.0 Å². The molecule has 6 heteroatoms. The SMILES string of the molecule is O=C(NCc1ncn[nH]1)c1cccc(C#CCCO)c1. The first-order chi connectivity index (χ1) is 9.79. The summed E-state index contributed by atoms with van der Waals surface area (Å²) in [5.74, 6) is 6.10. The molecule has 1 aromatic heterocycles. The summed E-state index contributed by atoms with van der Waals surface area (Å²) in [6.07, 6.45) is 1.81. The zero-order valence-electron chi connectivity index (χ0n) is 10.8. The van der Waals surface area contributed by atoms with Gasteiger partial charge in [0, 0.05) is 17.5 Å². The highest BCUT2D eigenvalue weighted by molar-refractivity contribution is 5.94. The highest BCUT2D eigenvalue weighted by atomic mass is 16.2. The molecule has 0 spiro atoms. The highest BCUT2D eigenvalue weighted by Gasteiger charge is 2.06. The summed E-state index contributed by atoms with van der Waals surface area (Å²) in [5.41, 5.74) is 1.27. The van der Waals surface area contributed by atoms with Crippen molar-refractivity contribution in [2.75, 3.05) is 6.61 Å². The van der Waals surface area contributed by atoms with Crippen LogP contribution in [0.1, 0.15) is 28.2 Å². The Labute approximate surface area is 116 Å². The monoisotopic (exact) mass is 270 g/mol. The summed E-state index contributed by atoms with van der Waals surface area (Å²) in [6, 6.07) is 7.01. The number of H-pyrrole nitrogens is 1. The van der Waals surface area contributed by atoms with Gasteiger partial charge in [-0.25, -0.2) is 4.98 Å². The van der Waals surface area contributed by atoms with E-state index in [0.29, 0.717) is 24.4 Å². The van der Waals surface area contributed by atoms with E-state index in [-0.39, 0.29) is 12.5 Å². The molecule has 0 aliphatic heterocycles. The van der Waals surface area contributed by atoms with Crippen LogP contribution in [0.25, 0.3) is 0 Å². The lowest BCUT2D eigenvalue weighted by molar-refractivity contribution is 0.0950. The first-order valence-corrected chi connectivity index (χ1v) is 6.12. The van der Waals surface area contributed by atoms with Gasteiger partial charge >= 0.3 is 0 Å². The van der Waals surface area contributed by atoms with Crippen molar-refractivity contribution < 1.29 is 9.90 Å². The number of hydrogen-bond acceptors (Lipinski definition) is 4. The van der Waals surface area contributed by atoms with Crippen LogP contribution >= 0.6 is 0 Å². The molecular formula is C14H14N4O2. The minimum atomic E-state index is -0.202. The minimum Gasteiger partial charge on any atom is -0.395 e. The Balaban J connectivity index is 1.99. The third kappa shape index (κ3) is 3.93. The van der Waals surface area contributed by atoms with Crippen LogP contribution < -0.4 is 5.32 Å². The fourth-order valence-corrected chi connectivity index (χ4v) is 1.54. The molecule has 2 aromatic rings. The van der Waals surface area contributed by atoms with Crippen LogP contribution in [-0.4, -0.2) is 32.8 Å². The number of nitrogens with one attached hydrogen (secondary N) is 2. The van der Waals surface area contributed by atoms with Crippen molar-refractivity contribution in [1.29, 1.82) is 0 Å². The molecule has 3 N–H and O–H groups in total. The lowest BCUT2D eigenvalue weighted by Gasteiger charge is -2.03. The number of rotatable bonds is 4. The molecule has 102 valence electrons. The van der Waals surface area contributed by atoms with Crippen molar-refractivity contribution >= 4 is 5.91 Å². The molecule has 1 aromatic carbocycles. The Morgan fingerprint density at radius 2 is 2.35 bits per heavy atom. The maximum atomic E-state index is 12.0. The predicted molar refractivity (Wildman–Crippen MR) is 72.6 cm³/mol. The Bertz CT molecular complexity index is 626. The zero-order chi connectivity index (χ0) is 14.2. The van der Waals surface area contributed by atoms with E-state index in [9.17, 15) is 4.79 Å². The summed E-state index contributed by atoms with van der Waals surface area (Å²) in [6.45, 7) is 0.323. The number of benzene rings is 1. The van der Waals surface area contributed by atoms with E-state index in [1.54, 1.807) is 18.2 Å². The van der Waals surface area contributed by atoms with Crippen LogP contribution in [0.2, 0.25) is 0 Å². The van der Waals surface area contributed by atoms with E-state index in [1.165, 1.54) is 6.33 Å². The zero-order valence-corrected chi connectivity index (χ0v) is 10.8. The Morgan fingerprint density at radius 3 is 3.10 bits per heavy atom. The second-order valence-corrected chi connectivity index (χ2v) is 3.97. The summed E-state index contributed by atoms with van der Waals surface area (Å²) < 4.78 is 0. The minimum absolute atomic E-state index is 0.0321. The Morgan fingerprint density at radius 1 is 1.45 bits per heavy atom. The second-order valence-electron chi connectivity index (χ2n) is 3.97. The van der Waals surface area contributed by atoms with Crippen molar-refractivity contribution in [2.24, 2.45) is 0 Å². The van der Waals surface area contributed by atoms with E-state index < -0.39 is 0 Å². The molecule has 0 saturated carbocycles. The molecular weight excluding hydrogens is 256 g/mol. The average Bonchev–Trinajstić information content (AvgIpc) is 2.99. The standard InChI is InChI=1S/C14H14N4O2/c19-7-2-1-4-11-5-3-6-12(8-11)14(20)15-9-13-16-10-17-18-13/h3,5-6,8,10,19H,2,7,9H2,(H,15,20)(H,16,17,18). The molecule has 0 unspecified atom stereocenters. The van der Waals surface area contributed by atoms with Crippen LogP contribution in [0.4, 0.5) is 0 Å². The largest absolute Gasteiger partial charge is 0.395 e. The van der Waals surface area contributed by atoms with Gasteiger partial charge in [-0.3, -0.25) is 9.89 Å². The number of amides is 1. The number of hydrogen-bond donors (Lipinski definition) is 3. The first kappa shape index (κ1) is 13.8. The molecule has 0 aliphatic rings. The van der Waals surface area contributed by atoms with Crippen molar-refractivity contribution in [3.8, 4) is 11.8 Å². The molecule has 0 atom stereocenters. The van der Waals surface area contributed by atoms with Gasteiger partial charge in [0.1, 0.15) is 12.2 Å². The number of aromatic nitrogens is 3. The maximum Gasteiger partial charge on any atom is 0.251 e. The molecule has 0 saturated heterocycles. The van der Waals surface area contributed by atoms with Gasteiger partial charge < -0.3 is 10.4 Å². The average molecular weight is 270 g/mol. The summed E-state index contributed by atoms with van der Waals surface area (Å²) in [7, 11) is 0. The molecule has 1 heterocycles. The Kier molecular flexibility index (Phi) is 4.87. The third-order valence-corrected chi connectivity index (χ3v) is 2.48. The van der Waals surface area contributed by atoms with Gasteiger partial charge in [0.2, 0.25) is 0 Å². The molecule has 2 rings (SSSR count). The van der Waals surface area contributed by atoms with Gasteiger partial charge in [-0.2, -0.15) is 5.10 Å². The van der Waals surface area contributed by atoms with Gasteiger partial charge in [-0.1, -0.05) is 17.9 Å². The summed E-state index contributed by atoms with van der Waals surface area (Å²) in [5, 5.41) is 17.8. The summed E-state index contributed by atoms with van der Waals surface area (Å²) in [4.78, 5) is 15.9. The number of carbonyl (C=O) groups excluding carboxylic acids is 1. The first-order valence-electron chi connectivity index (χ1n) is 6.12. The van der Waals surface area contributed by atoms with Crippen molar-refractivity contribution in [1.82, 2.24) is 20.5 Å². The van der Waals surface area contributed by atoms with Crippen LogP contribution in [0.5, 0.6) is 0 Å². The molecule has 0 aliphatic carbocycles. The van der Waals surface area contributed by atoms with Crippen LogP contribution in [-0.2, 0) is 6.54 Å². The van der Waals surface area contributed by atoms with E-state index in [1.807, 2.05) is 6.07 Å². The Hall–Kier alpha value is -2.65. The molecule has 0 fully saturated rings. The van der Waals surface area contributed by atoms with Crippen LogP contribution in [0.3, 0.4) is 0 Å². The highest BCUT2D eigenvalue weighted by Crippen LogP contribution is 2.04. The van der Waals surface area contributed by atoms with Crippen molar-refractivity contribution in [3.63, 3.8) is 0 Å². The molecule has 0 radical (unpaired) electrons. The number of carbonyl (C=O) groups is 1. The molecule has 1 amide bonds. The number of aromatic amines is 1. The lowest BCUT2D eigenvalue weighted by atomic mass is 10.1. The normalized spacial score (nSPS) is 9.65. The van der Waals surface area contributed by atoms with E-state index in [2.05, 4.69) is 32.3 Å². The van der Waals surface area contributed by atoms with Gasteiger partial charge in [-0.05, 0) is 18.2 Å². The summed E-state index contributed by atoms with van der Waals surface area (Å²) >= 11 is 0. The second kappa shape index (κ2) is 7.07. The van der Waals surface area contributed by atoms with Gasteiger partial charge in [0.05, 0.1) is 13.2 Å². The van der Waals surface area contributed by atoms with E-state index >= 15 is 0 Å². The number of nitrogens with zero attached hydrogens (tertiary/aromatic N) is 2. The smallest absolute Gasteiger partial charge is 0.251 e. The van der Waals surface area contributed by atoms with E-state index in [4.69, 9.17) is 5.11 Å². The predicted octanol–water partition coefficient (Wildman–Crippen LogP) is 0.469. The fourth-order valence-electron chi connectivity index (χ4n) is 1.54. The van der Waals surface area contributed by atoms with Crippen LogP contribution in [0, 0.1) is 11.8 Å². The van der Waals surface area contributed by atoms with Crippen molar-refractivity contribution in [3.05, 3.63) is 47.5 Å². The van der Waals surface area contributed by atoms with Gasteiger partial charge in [0.25, 0.3) is 5.91 Å². The topological polar surface area (TPSA) is 90.9 Å². The maximum absolute atomic E-state index is 12.0. The van der Waals surface area contributed by atoms with Gasteiger partial charge in [-0.15, -0.1) is 0 Å². The molecule has 6 nitrogen and oxygen atoms in total. The molecule has 20 heavy (non-hydrogen) atoms.